The minimum atomic E-state index is -3.09. The number of carbonyl (C=O) groups excluding carboxylic acids is 1. The number of methoxy groups -OCH3 is 1. The highest BCUT2D eigenvalue weighted by Crippen LogP contribution is 2.39. The number of thioether (sulfide) groups is 1. The maximum atomic E-state index is 12.7. The summed E-state index contributed by atoms with van der Waals surface area (Å²) in [5.74, 6) is 0.550. The van der Waals surface area contributed by atoms with Gasteiger partial charge in [0, 0.05) is 22.4 Å². The Kier molecular flexibility index (Phi) is 6.09. The lowest BCUT2D eigenvalue weighted by atomic mass is 10.1. The van der Waals surface area contributed by atoms with Crippen molar-refractivity contribution in [2.45, 2.75) is 24.3 Å². The van der Waals surface area contributed by atoms with Gasteiger partial charge in [-0.15, -0.1) is 0 Å². The summed E-state index contributed by atoms with van der Waals surface area (Å²) in [5, 5.41) is 1.10. The van der Waals surface area contributed by atoms with E-state index in [4.69, 9.17) is 16.3 Å². The lowest BCUT2D eigenvalue weighted by Gasteiger charge is -2.24. The van der Waals surface area contributed by atoms with E-state index in [1.54, 1.807) is 19.2 Å². The molecule has 4 rings (SSSR count). The fraction of sp³-hybridized carbons (Fsp3) is 0.333. The molecule has 158 valence electrons. The predicted octanol–water partition coefficient (Wildman–Crippen LogP) is 3.19. The molecule has 0 radical (unpaired) electrons. The highest BCUT2D eigenvalue weighted by atomic mass is 35.5. The van der Waals surface area contributed by atoms with Crippen LogP contribution in [0.3, 0.4) is 0 Å². The van der Waals surface area contributed by atoms with Crippen LogP contribution in [0.2, 0.25) is 5.02 Å². The number of hydrogen-bond donors (Lipinski definition) is 0. The molecule has 6 nitrogen and oxygen atoms in total. The van der Waals surface area contributed by atoms with Gasteiger partial charge in [-0.1, -0.05) is 53.7 Å². The zero-order valence-electron chi connectivity index (χ0n) is 16.3. The molecule has 0 spiro atoms. The molecule has 2 heterocycles. The minimum absolute atomic E-state index is 0.0813. The fourth-order valence-corrected chi connectivity index (χ4v) is 7.86. The van der Waals surface area contributed by atoms with E-state index in [-0.39, 0.29) is 35.1 Å². The molecule has 0 unspecified atom stereocenters. The number of amides is 1. The average molecular weight is 465 g/mol. The van der Waals surface area contributed by atoms with Gasteiger partial charge in [0.05, 0.1) is 31.1 Å². The van der Waals surface area contributed by atoms with Crippen LogP contribution in [0.5, 0.6) is 5.75 Å². The van der Waals surface area contributed by atoms with Crippen molar-refractivity contribution in [1.82, 2.24) is 4.90 Å². The van der Waals surface area contributed by atoms with Crippen LogP contribution >= 0.6 is 23.4 Å². The Morgan fingerprint density at radius 2 is 1.93 bits per heavy atom. The number of ether oxygens (including phenoxy) is 1. The van der Waals surface area contributed by atoms with Crippen molar-refractivity contribution in [2.24, 2.45) is 4.99 Å². The van der Waals surface area contributed by atoms with Crippen LogP contribution in [0, 0.1) is 0 Å². The smallest absolute Gasteiger partial charge is 0.252 e. The van der Waals surface area contributed by atoms with E-state index in [2.05, 4.69) is 4.99 Å². The van der Waals surface area contributed by atoms with Crippen molar-refractivity contribution in [3.8, 4) is 5.75 Å². The number of benzene rings is 2. The van der Waals surface area contributed by atoms with Gasteiger partial charge in [0.1, 0.15) is 5.75 Å². The van der Waals surface area contributed by atoms with E-state index >= 15 is 0 Å². The summed E-state index contributed by atoms with van der Waals surface area (Å²) < 4.78 is 29.6. The molecule has 9 heteroatoms. The van der Waals surface area contributed by atoms with E-state index in [0.29, 0.717) is 22.5 Å². The highest BCUT2D eigenvalue weighted by Gasteiger charge is 2.48. The first-order valence-electron chi connectivity index (χ1n) is 9.46. The molecule has 0 bridgehead atoms. The number of nitrogens with zero attached hydrogens (tertiary/aromatic N) is 2. The number of para-hydroxylation sites is 1. The molecule has 2 fully saturated rings. The third-order valence-corrected chi connectivity index (χ3v) is 8.70. The van der Waals surface area contributed by atoms with E-state index in [9.17, 15) is 13.2 Å². The Morgan fingerprint density at radius 1 is 1.20 bits per heavy atom. The Labute approximate surface area is 185 Å². The Bertz CT molecular complexity index is 1090. The number of halogens is 1. The van der Waals surface area contributed by atoms with Gasteiger partial charge in [-0.25, -0.2) is 8.42 Å². The van der Waals surface area contributed by atoms with Gasteiger partial charge in [0.15, 0.2) is 15.0 Å². The Balaban J connectivity index is 1.58. The number of amidine groups is 1. The van der Waals surface area contributed by atoms with Crippen molar-refractivity contribution < 1.29 is 17.9 Å². The second-order valence-corrected chi connectivity index (χ2v) is 11.1. The van der Waals surface area contributed by atoms with Crippen molar-refractivity contribution in [2.75, 3.05) is 18.6 Å². The summed E-state index contributed by atoms with van der Waals surface area (Å²) in [6.07, 6.45) is 0.122. The van der Waals surface area contributed by atoms with Gasteiger partial charge >= 0.3 is 0 Å². The van der Waals surface area contributed by atoms with Crippen LogP contribution in [0.1, 0.15) is 11.1 Å². The summed E-state index contributed by atoms with van der Waals surface area (Å²) >= 11 is 7.36. The van der Waals surface area contributed by atoms with Gasteiger partial charge < -0.3 is 9.64 Å². The first-order chi connectivity index (χ1) is 14.3. The van der Waals surface area contributed by atoms with Gasteiger partial charge in [0.2, 0.25) is 0 Å². The molecule has 0 saturated carbocycles. The maximum Gasteiger partial charge on any atom is 0.252 e. The Morgan fingerprint density at radius 3 is 2.67 bits per heavy atom. The van der Waals surface area contributed by atoms with E-state index in [1.807, 2.05) is 41.3 Å². The summed E-state index contributed by atoms with van der Waals surface area (Å²) in [7, 11) is -1.52. The second kappa shape index (κ2) is 8.61. The summed E-state index contributed by atoms with van der Waals surface area (Å²) in [6.45, 7) is 0.474. The van der Waals surface area contributed by atoms with Gasteiger partial charge in [-0.2, -0.15) is 4.99 Å². The van der Waals surface area contributed by atoms with E-state index in [1.165, 1.54) is 11.8 Å². The quantitative estimate of drug-likeness (QED) is 0.676. The van der Waals surface area contributed by atoms with Crippen LogP contribution in [0.25, 0.3) is 0 Å². The molecule has 0 N–H and O–H groups in total. The standard InChI is InChI=1S/C21H21ClN2O4S2/c1-28-18-5-3-2-4-15(18)10-20(25)23-21-24(11-14-6-8-16(22)9-7-14)17-12-30(26,27)13-19(17)29-21/h2-9,17,19H,10-13H2,1H3/t17-,19+/m1/s1. The molecule has 2 saturated heterocycles. The van der Waals surface area contributed by atoms with Gasteiger partial charge in [0.25, 0.3) is 5.91 Å². The topological polar surface area (TPSA) is 76.0 Å². The molecule has 2 aromatic carbocycles. The van der Waals surface area contributed by atoms with Crippen LogP contribution in [-0.2, 0) is 27.6 Å². The minimum Gasteiger partial charge on any atom is -0.496 e. The maximum absolute atomic E-state index is 12.7. The first-order valence-corrected chi connectivity index (χ1v) is 12.5. The van der Waals surface area contributed by atoms with Crippen LogP contribution < -0.4 is 4.74 Å². The fourth-order valence-electron chi connectivity index (χ4n) is 3.77. The molecule has 2 atom stereocenters. The Hall–Kier alpha value is -2.03. The van der Waals surface area contributed by atoms with Crippen molar-refractivity contribution in [3.63, 3.8) is 0 Å². The normalized spacial score (nSPS) is 23.5. The lowest BCUT2D eigenvalue weighted by Crippen LogP contribution is -2.37. The number of fused-ring (bicyclic) bond motifs is 1. The van der Waals surface area contributed by atoms with Crippen LogP contribution in [0.4, 0.5) is 0 Å². The summed E-state index contributed by atoms with van der Waals surface area (Å²) in [6, 6.07) is 14.6. The lowest BCUT2D eigenvalue weighted by molar-refractivity contribution is -0.117. The third kappa shape index (κ3) is 4.66. The van der Waals surface area contributed by atoms with E-state index in [0.717, 1.165) is 11.1 Å². The van der Waals surface area contributed by atoms with Gasteiger partial charge in [-0.3, -0.25) is 4.79 Å². The van der Waals surface area contributed by atoms with Crippen LogP contribution in [0.15, 0.2) is 53.5 Å². The number of sulfone groups is 1. The molecule has 0 aliphatic carbocycles. The number of aliphatic imine (C=N–C) groups is 1. The molecular formula is C21H21ClN2O4S2. The number of rotatable bonds is 5. The molecule has 0 aromatic heterocycles. The molecular weight excluding hydrogens is 444 g/mol. The summed E-state index contributed by atoms with van der Waals surface area (Å²) in [5.41, 5.74) is 1.75. The SMILES string of the molecule is COc1ccccc1CC(=O)N=C1S[C@H]2CS(=O)(=O)C[C@H]2N1Cc1ccc(Cl)cc1. The monoisotopic (exact) mass is 464 g/mol. The first kappa shape index (κ1) is 21.2. The molecule has 2 aliphatic heterocycles. The van der Waals surface area contributed by atoms with Crippen molar-refractivity contribution in [1.29, 1.82) is 0 Å². The molecule has 30 heavy (non-hydrogen) atoms. The van der Waals surface area contributed by atoms with Crippen molar-refractivity contribution in [3.05, 3.63) is 64.7 Å². The largest absolute Gasteiger partial charge is 0.496 e. The number of carbonyl (C=O) groups is 1. The summed E-state index contributed by atoms with van der Waals surface area (Å²) in [4.78, 5) is 19.0. The van der Waals surface area contributed by atoms with Crippen molar-refractivity contribution >= 4 is 44.3 Å². The van der Waals surface area contributed by atoms with Crippen LogP contribution in [-0.4, -0.2) is 54.3 Å². The van der Waals surface area contributed by atoms with Gasteiger partial charge in [-0.05, 0) is 23.8 Å². The van der Waals surface area contributed by atoms with E-state index < -0.39 is 9.84 Å². The predicted molar refractivity (Wildman–Crippen MR) is 120 cm³/mol. The molecule has 2 aliphatic rings. The zero-order valence-corrected chi connectivity index (χ0v) is 18.7. The molecule has 2 aromatic rings. The number of hydrogen-bond acceptors (Lipinski definition) is 5. The second-order valence-electron chi connectivity index (χ2n) is 7.33. The third-order valence-electron chi connectivity index (χ3n) is 5.20. The highest BCUT2D eigenvalue weighted by molar-refractivity contribution is 8.15. The zero-order chi connectivity index (χ0) is 21.3. The average Bonchev–Trinajstić information content (AvgIpc) is 3.16. The molecule has 1 amide bonds.